The molecule has 0 spiro atoms. The molecule has 0 aliphatic heterocycles. The third kappa shape index (κ3) is 5.34. The molecule has 0 aromatic heterocycles. The maximum absolute atomic E-state index is 12.4. The first-order chi connectivity index (χ1) is 12.9. The van der Waals surface area contributed by atoms with Gasteiger partial charge in [-0.25, -0.2) is 0 Å². The zero-order valence-corrected chi connectivity index (χ0v) is 17.5. The van der Waals surface area contributed by atoms with Gasteiger partial charge in [0.25, 0.3) is 5.91 Å². The van der Waals surface area contributed by atoms with E-state index in [1.54, 1.807) is 18.2 Å². The minimum absolute atomic E-state index is 0.227. The molecule has 2 aromatic rings. The normalized spacial score (nSPS) is 10.3. The highest BCUT2D eigenvalue weighted by molar-refractivity contribution is 7.80. The molecule has 27 heavy (non-hydrogen) atoms. The molecule has 1 amide bonds. The summed E-state index contributed by atoms with van der Waals surface area (Å²) in [5, 5.41) is 6.34. The van der Waals surface area contributed by atoms with E-state index >= 15 is 0 Å². The van der Waals surface area contributed by atoms with E-state index in [9.17, 15) is 4.79 Å². The number of amides is 1. The third-order valence-corrected chi connectivity index (χ3v) is 4.73. The summed E-state index contributed by atoms with van der Waals surface area (Å²) < 4.78 is 5.09. The number of carbonyl (C=O) groups excluding carboxylic acids is 1. The van der Waals surface area contributed by atoms with Crippen LogP contribution in [0.5, 0.6) is 5.75 Å². The number of ether oxygens (including phenoxy) is 1. The van der Waals surface area contributed by atoms with Crippen molar-refractivity contribution < 1.29 is 9.53 Å². The minimum Gasteiger partial charge on any atom is -0.495 e. The summed E-state index contributed by atoms with van der Waals surface area (Å²) in [6.07, 6.45) is 0. The lowest BCUT2D eigenvalue weighted by atomic mass is 10.1. The van der Waals surface area contributed by atoms with E-state index in [0.717, 1.165) is 30.0 Å². The Kier molecular flexibility index (Phi) is 7.45. The van der Waals surface area contributed by atoms with Crippen LogP contribution in [0.2, 0.25) is 5.02 Å². The molecule has 0 atom stereocenters. The number of methoxy groups -OCH3 is 1. The maximum atomic E-state index is 12.4. The van der Waals surface area contributed by atoms with Crippen molar-refractivity contribution in [3.05, 3.63) is 52.5 Å². The maximum Gasteiger partial charge on any atom is 0.257 e. The summed E-state index contributed by atoms with van der Waals surface area (Å²) in [6.45, 7) is 8.15. The Labute approximate surface area is 170 Å². The molecule has 2 N–H and O–H groups in total. The zero-order chi connectivity index (χ0) is 20.0. The zero-order valence-electron chi connectivity index (χ0n) is 15.9. The molecular weight excluding hydrogens is 382 g/mol. The van der Waals surface area contributed by atoms with Crippen LogP contribution in [-0.4, -0.2) is 31.2 Å². The van der Waals surface area contributed by atoms with Crippen molar-refractivity contribution >= 4 is 46.2 Å². The Balaban J connectivity index is 2.05. The Morgan fingerprint density at radius 2 is 1.89 bits per heavy atom. The van der Waals surface area contributed by atoms with E-state index in [-0.39, 0.29) is 11.0 Å². The van der Waals surface area contributed by atoms with Crippen LogP contribution in [-0.2, 0) is 0 Å². The number of thiocarbonyl (C=S) groups is 1. The Bertz CT molecular complexity index is 838. The fourth-order valence-corrected chi connectivity index (χ4v) is 3.17. The molecule has 2 rings (SSSR count). The number of carbonyl (C=O) groups is 1. The predicted octanol–water partition coefficient (Wildman–Crippen LogP) is 4.63. The predicted molar refractivity (Wildman–Crippen MR) is 116 cm³/mol. The first kappa shape index (κ1) is 21.0. The van der Waals surface area contributed by atoms with Crippen LogP contribution < -0.4 is 20.3 Å². The number of rotatable bonds is 6. The van der Waals surface area contributed by atoms with Gasteiger partial charge in [0.05, 0.1) is 12.1 Å². The Morgan fingerprint density at radius 1 is 1.19 bits per heavy atom. The highest BCUT2D eigenvalue weighted by Gasteiger charge is 2.12. The lowest BCUT2D eigenvalue weighted by Crippen LogP contribution is -2.34. The van der Waals surface area contributed by atoms with E-state index in [4.69, 9.17) is 28.6 Å². The molecule has 0 aliphatic carbocycles. The monoisotopic (exact) mass is 405 g/mol. The van der Waals surface area contributed by atoms with Crippen LogP contribution in [0.15, 0.2) is 36.4 Å². The van der Waals surface area contributed by atoms with Crippen LogP contribution in [0.25, 0.3) is 0 Å². The second-order valence-electron chi connectivity index (χ2n) is 5.93. The summed E-state index contributed by atoms with van der Waals surface area (Å²) >= 11 is 11.3. The smallest absolute Gasteiger partial charge is 0.257 e. The second kappa shape index (κ2) is 9.58. The molecule has 0 unspecified atom stereocenters. The summed E-state index contributed by atoms with van der Waals surface area (Å²) in [5.74, 6) is 0.173. The van der Waals surface area contributed by atoms with Gasteiger partial charge in [0, 0.05) is 30.0 Å². The molecule has 0 radical (unpaired) electrons. The van der Waals surface area contributed by atoms with Crippen molar-refractivity contribution in [1.29, 1.82) is 0 Å². The van der Waals surface area contributed by atoms with E-state index in [0.29, 0.717) is 16.3 Å². The first-order valence-electron chi connectivity index (χ1n) is 8.71. The first-order valence-corrected chi connectivity index (χ1v) is 9.49. The number of nitrogens with one attached hydrogen (secondary N) is 2. The molecule has 0 fully saturated rings. The van der Waals surface area contributed by atoms with Crippen molar-refractivity contribution in [2.24, 2.45) is 0 Å². The highest BCUT2D eigenvalue weighted by Crippen LogP contribution is 2.25. The van der Waals surface area contributed by atoms with Gasteiger partial charge in [-0.2, -0.15) is 0 Å². The van der Waals surface area contributed by atoms with Gasteiger partial charge in [-0.3, -0.25) is 10.1 Å². The standard InChI is InChI=1S/C20H24ClN3O2S/c1-5-24(6-2)15-8-9-17(13(3)11-15)22-20(27)23-19(25)14-7-10-18(26-4)16(21)12-14/h7-12H,5-6H2,1-4H3,(H2,22,23,25,27). The number of hydrogen-bond donors (Lipinski definition) is 2. The van der Waals surface area contributed by atoms with E-state index in [2.05, 4.69) is 35.4 Å². The van der Waals surface area contributed by atoms with Gasteiger partial charge in [-0.15, -0.1) is 0 Å². The van der Waals surface area contributed by atoms with E-state index in [1.165, 1.54) is 7.11 Å². The number of halogens is 1. The summed E-state index contributed by atoms with van der Waals surface area (Å²) in [6, 6.07) is 10.9. The van der Waals surface area contributed by atoms with Crippen molar-refractivity contribution in [2.75, 3.05) is 30.4 Å². The van der Waals surface area contributed by atoms with E-state index in [1.807, 2.05) is 19.1 Å². The highest BCUT2D eigenvalue weighted by atomic mass is 35.5. The minimum atomic E-state index is -0.338. The molecule has 0 aliphatic rings. The fraction of sp³-hybridized carbons (Fsp3) is 0.300. The van der Waals surface area contributed by atoms with Crippen molar-refractivity contribution in [3.8, 4) is 5.75 Å². The van der Waals surface area contributed by atoms with Gasteiger partial charge in [-0.05, 0) is 75.0 Å². The molecule has 144 valence electrons. The molecule has 7 heteroatoms. The van der Waals surface area contributed by atoms with Crippen molar-refractivity contribution in [1.82, 2.24) is 5.32 Å². The number of nitrogens with zero attached hydrogens (tertiary/aromatic N) is 1. The number of hydrogen-bond acceptors (Lipinski definition) is 4. The van der Waals surface area contributed by atoms with Crippen LogP contribution in [0.4, 0.5) is 11.4 Å². The molecule has 0 saturated heterocycles. The summed E-state index contributed by atoms with van der Waals surface area (Å²) in [5.41, 5.74) is 3.46. The van der Waals surface area contributed by atoms with Crippen LogP contribution in [0.1, 0.15) is 29.8 Å². The molecule has 5 nitrogen and oxygen atoms in total. The quantitative estimate of drug-likeness (QED) is 0.686. The van der Waals surface area contributed by atoms with Crippen molar-refractivity contribution in [3.63, 3.8) is 0 Å². The molecule has 0 saturated carbocycles. The lowest BCUT2D eigenvalue weighted by molar-refractivity contribution is 0.0977. The Morgan fingerprint density at radius 3 is 2.44 bits per heavy atom. The third-order valence-electron chi connectivity index (χ3n) is 4.23. The number of aryl methyl sites for hydroxylation is 1. The SMILES string of the molecule is CCN(CC)c1ccc(NC(=S)NC(=O)c2ccc(OC)c(Cl)c2)c(C)c1. The summed E-state index contributed by atoms with van der Waals surface area (Å²) in [4.78, 5) is 14.6. The fourth-order valence-electron chi connectivity index (χ4n) is 2.71. The average molecular weight is 406 g/mol. The molecule has 2 aromatic carbocycles. The van der Waals surface area contributed by atoms with Gasteiger partial charge < -0.3 is 15.0 Å². The number of anilines is 2. The van der Waals surface area contributed by atoms with Crippen LogP contribution >= 0.6 is 23.8 Å². The second-order valence-corrected chi connectivity index (χ2v) is 6.74. The number of benzene rings is 2. The van der Waals surface area contributed by atoms with Gasteiger partial charge in [0.15, 0.2) is 5.11 Å². The molecular formula is C20H24ClN3O2S. The van der Waals surface area contributed by atoms with Gasteiger partial charge in [0.2, 0.25) is 0 Å². The average Bonchev–Trinajstić information content (AvgIpc) is 2.64. The van der Waals surface area contributed by atoms with E-state index < -0.39 is 0 Å². The van der Waals surface area contributed by atoms with Crippen LogP contribution in [0.3, 0.4) is 0 Å². The summed E-state index contributed by atoms with van der Waals surface area (Å²) in [7, 11) is 1.52. The largest absolute Gasteiger partial charge is 0.495 e. The molecule has 0 bridgehead atoms. The van der Waals surface area contributed by atoms with Gasteiger partial charge in [0.1, 0.15) is 5.75 Å². The van der Waals surface area contributed by atoms with Crippen molar-refractivity contribution in [2.45, 2.75) is 20.8 Å². The molecule has 0 heterocycles. The van der Waals surface area contributed by atoms with Crippen LogP contribution in [0, 0.1) is 6.92 Å². The van der Waals surface area contributed by atoms with Gasteiger partial charge in [-0.1, -0.05) is 11.6 Å². The Hall–Kier alpha value is -2.31. The topological polar surface area (TPSA) is 53.6 Å². The lowest BCUT2D eigenvalue weighted by Gasteiger charge is -2.22. The van der Waals surface area contributed by atoms with Gasteiger partial charge >= 0.3 is 0 Å².